The SMILES string of the molecule is COc1ccc(C(=O)NC2CCN(C(=O)Nc3ccc(C)cc3)CC2)cc1. The minimum Gasteiger partial charge on any atom is -0.497 e. The summed E-state index contributed by atoms with van der Waals surface area (Å²) in [4.78, 5) is 26.5. The van der Waals surface area contributed by atoms with Crippen LogP contribution in [0.2, 0.25) is 0 Å². The number of aryl methyl sites for hydroxylation is 1. The quantitative estimate of drug-likeness (QED) is 0.870. The van der Waals surface area contributed by atoms with Gasteiger partial charge in [-0.1, -0.05) is 17.7 Å². The van der Waals surface area contributed by atoms with Crippen molar-refractivity contribution in [3.63, 3.8) is 0 Å². The average molecular weight is 367 g/mol. The highest BCUT2D eigenvalue weighted by Gasteiger charge is 2.24. The normalized spacial score (nSPS) is 14.5. The molecule has 0 aromatic heterocycles. The lowest BCUT2D eigenvalue weighted by atomic mass is 10.0. The van der Waals surface area contributed by atoms with E-state index < -0.39 is 0 Å². The number of carbonyl (C=O) groups is 2. The summed E-state index contributed by atoms with van der Waals surface area (Å²) in [6, 6.07) is 14.7. The number of amides is 3. The number of benzene rings is 2. The zero-order valence-corrected chi connectivity index (χ0v) is 15.7. The van der Waals surface area contributed by atoms with Gasteiger partial charge in [0.05, 0.1) is 7.11 Å². The van der Waals surface area contributed by atoms with Gasteiger partial charge in [0.1, 0.15) is 5.75 Å². The maximum absolute atomic E-state index is 12.4. The third kappa shape index (κ3) is 5.00. The van der Waals surface area contributed by atoms with Gasteiger partial charge in [-0.25, -0.2) is 4.79 Å². The summed E-state index contributed by atoms with van der Waals surface area (Å²) >= 11 is 0. The topological polar surface area (TPSA) is 70.7 Å². The smallest absolute Gasteiger partial charge is 0.321 e. The van der Waals surface area contributed by atoms with Crippen LogP contribution in [0.15, 0.2) is 48.5 Å². The number of methoxy groups -OCH3 is 1. The molecule has 0 radical (unpaired) electrons. The molecule has 0 unspecified atom stereocenters. The molecule has 3 rings (SSSR count). The summed E-state index contributed by atoms with van der Waals surface area (Å²) in [5.41, 5.74) is 2.55. The summed E-state index contributed by atoms with van der Waals surface area (Å²) in [6.45, 7) is 3.24. The molecule has 0 bridgehead atoms. The number of likely N-dealkylation sites (tertiary alicyclic amines) is 1. The van der Waals surface area contributed by atoms with Gasteiger partial charge in [0.25, 0.3) is 5.91 Å². The third-order valence-corrected chi connectivity index (χ3v) is 4.77. The van der Waals surface area contributed by atoms with Crippen LogP contribution < -0.4 is 15.4 Å². The lowest BCUT2D eigenvalue weighted by Crippen LogP contribution is -2.47. The van der Waals surface area contributed by atoms with Gasteiger partial charge in [-0.3, -0.25) is 4.79 Å². The van der Waals surface area contributed by atoms with Crippen LogP contribution in [-0.2, 0) is 0 Å². The molecular formula is C21H25N3O3. The first-order valence-corrected chi connectivity index (χ1v) is 9.12. The fraction of sp³-hybridized carbons (Fsp3) is 0.333. The standard InChI is InChI=1S/C21H25N3O3/c1-15-3-7-17(8-4-15)23-21(26)24-13-11-18(12-14-24)22-20(25)16-5-9-19(27-2)10-6-16/h3-10,18H,11-14H2,1-2H3,(H,22,25)(H,23,26). The van der Waals surface area contributed by atoms with Crippen molar-refractivity contribution in [1.29, 1.82) is 0 Å². The Bertz CT molecular complexity index is 779. The van der Waals surface area contributed by atoms with Crippen LogP contribution in [0.1, 0.15) is 28.8 Å². The monoisotopic (exact) mass is 367 g/mol. The van der Waals surface area contributed by atoms with Crippen molar-refractivity contribution < 1.29 is 14.3 Å². The average Bonchev–Trinajstić information content (AvgIpc) is 2.70. The third-order valence-electron chi connectivity index (χ3n) is 4.77. The van der Waals surface area contributed by atoms with Crippen LogP contribution in [0.4, 0.5) is 10.5 Å². The molecule has 1 heterocycles. The number of piperidine rings is 1. The van der Waals surface area contributed by atoms with Crippen molar-refractivity contribution in [2.75, 3.05) is 25.5 Å². The molecule has 0 spiro atoms. The zero-order chi connectivity index (χ0) is 19.2. The molecule has 2 N–H and O–H groups in total. The first kappa shape index (κ1) is 18.8. The first-order valence-electron chi connectivity index (χ1n) is 9.12. The van der Waals surface area contributed by atoms with Gasteiger partial charge < -0.3 is 20.3 Å². The molecule has 6 nitrogen and oxygen atoms in total. The minimum absolute atomic E-state index is 0.0722. The lowest BCUT2D eigenvalue weighted by molar-refractivity contribution is 0.0919. The predicted molar refractivity (Wildman–Crippen MR) is 105 cm³/mol. The van der Waals surface area contributed by atoms with Crippen molar-refractivity contribution in [2.45, 2.75) is 25.8 Å². The van der Waals surface area contributed by atoms with Gasteiger partial charge in [-0.2, -0.15) is 0 Å². The second kappa shape index (κ2) is 8.58. The molecule has 1 saturated heterocycles. The van der Waals surface area contributed by atoms with Gasteiger partial charge in [-0.05, 0) is 56.2 Å². The Kier molecular flexibility index (Phi) is 5.96. The Labute approximate surface area is 159 Å². The molecule has 1 aliphatic rings. The van der Waals surface area contributed by atoms with Crippen molar-refractivity contribution in [3.05, 3.63) is 59.7 Å². The highest BCUT2D eigenvalue weighted by molar-refractivity contribution is 5.94. The second-order valence-electron chi connectivity index (χ2n) is 6.76. The molecule has 1 fully saturated rings. The van der Waals surface area contributed by atoms with E-state index in [2.05, 4.69) is 10.6 Å². The summed E-state index contributed by atoms with van der Waals surface area (Å²) in [6.07, 6.45) is 1.48. The van der Waals surface area contributed by atoms with Crippen LogP contribution in [0.25, 0.3) is 0 Å². The molecule has 142 valence electrons. The molecule has 1 aliphatic heterocycles. The Morgan fingerprint density at radius 2 is 1.63 bits per heavy atom. The number of urea groups is 1. The molecule has 6 heteroatoms. The molecule has 0 atom stereocenters. The molecule has 2 aromatic rings. The van der Waals surface area contributed by atoms with Gasteiger partial charge in [0.15, 0.2) is 0 Å². The largest absolute Gasteiger partial charge is 0.497 e. The van der Waals surface area contributed by atoms with Crippen molar-refractivity contribution in [2.24, 2.45) is 0 Å². The fourth-order valence-electron chi connectivity index (χ4n) is 3.08. The number of carbonyl (C=O) groups excluding carboxylic acids is 2. The number of ether oxygens (including phenoxy) is 1. The predicted octanol–water partition coefficient (Wildman–Crippen LogP) is 3.43. The van der Waals surface area contributed by atoms with Crippen LogP contribution in [0, 0.1) is 6.92 Å². The van der Waals surface area contributed by atoms with Gasteiger partial charge in [0, 0.05) is 30.4 Å². The highest BCUT2D eigenvalue weighted by atomic mass is 16.5. The number of rotatable bonds is 4. The molecule has 2 aromatic carbocycles. The van der Waals surface area contributed by atoms with E-state index in [-0.39, 0.29) is 18.0 Å². The Morgan fingerprint density at radius 3 is 2.22 bits per heavy atom. The summed E-state index contributed by atoms with van der Waals surface area (Å²) < 4.78 is 5.11. The van der Waals surface area contributed by atoms with E-state index in [1.807, 2.05) is 31.2 Å². The molecule has 0 saturated carbocycles. The molecular weight excluding hydrogens is 342 g/mol. The van der Waals surface area contributed by atoms with Crippen molar-refractivity contribution in [3.8, 4) is 5.75 Å². The Balaban J connectivity index is 1.47. The van der Waals surface area contributed by atoms with Crippen LogP contribution in [0.5, 0.6) is 5.75 Å². The molecule has 27 heavy (non-hydrogen) atoms. The minimum atomic E-state index is -0.0983. The maximum Gasteiger partial charge on any atom is 0.321 e. The fourth-order valence-corrected chi connectivity index (χ4v) is 3.08. The second-order valence-corrected chi connectivity index (χ2v) is 6.76. The number of hydrogen-bond acceptors (Lipinski definition) is 3. The van der Waals surface area contributed by atoms with E-state index in [0.717, 1.165) is 29.8 Å². The van der Waals surface area contributed by atoms with Crippen LogP contribution in [0.3, 0.4) is 0 Å². The summed E-state index contributed by atoms with van der Waals surface area (Å²) in [5.74, 6) is 0.625. The Hall–Kier alpha value is -3.02. The van der Waals surface area contributed by atoms with Gasteiger partial charge in [0.2, 0.25) is 0 Å². The van der Waals surface area contributed by atoms with E-state index in [4.69, 9.17) is 4.74 Å². The molecule has 0 aliphatic carbocycles. The van der Waals surface area contributed by atoms with Crippen LogP contribution in [-0.4, -0.2) is 43.1 Å². The lowest BCUT2D eigenvalue weighted by Gasteiger charge is -2.32. The number of hydrogen-bond donors (Lipinski definition) is 2. The van der Waals surface area contributed by atoms with E-state index in [0.29, 0.717) is 18.7 Å². The number of anilines is 1. The van der Waals surface area contributed by atoms with Gasteiger partial charge in [-0.15, -0.1) is 0 Å². The van der Waals surface area contributed by atoms with Crippen molar-refractivity contribution in [1.82, 2.24) is 10.2 Å². The van der Waals surface area contributed by atoms with E-state index in [1.54, 1.807) is 36.3 Å². The van der Waals surface area contributed by atoms with E-state index in [1.165, 1.54) is 0 Å². The maximum atomic E-state index is 12.4. The van der Waals surface area contributed by atoms with Crippen molar-refractivity contribution >= 4 is 17.6 Å². The summed E-state index contributed by atoms with van der Waals surface area (Å²) in [7, 11) is 1.60. The zero-order valence-electron chi connectivity index (χ0n) is 15.7. The van der Waals surface area contributed by atoms with Crippen LogP contribution >= 0.6 is 0 Å². The first-order chi connectivity index (χ1) is 13.0. The Morgan fingerprint density at radius 1 is 1.00 bits per heavy atom. The number of nitrogens with zero attached hydrogens (tertiary/aromatic N) is 1. The summed E-state index contributed by atoms with van der Waals surface area (Å²) in [5, 5.41) is 5.97. The van der Waals surface area contributed by atoms with E-state index in [9.17, 15) is 9.59 Å². The van der Waals surface area contributed by atoms with Gasteiger partial charge >= 0.3 is 6.03 Å². The number of nitrogens with one attached hydrogen (secondary N) is 2. The highest BCUT2D eigenvalue weighted by Crippen LogP contribution is 2.16. The van der Waals surface area contributed by atoms with E-state index >= 15 is 0 Å². The molecule has 3 amide bonds.